The smallest absolute Gasteiger partial charge is 0.134 e. The Bertz CT molecular complexity index is 746. The van der Waals surface area contributed by atoms with Gasteiger partial charge < -0.3 is 9.13 Å². The van der Waals surface area contributed by atoms with Crippen LogP contribution in [0.2, 0.25) is 5.02 Å². The van der Waals surface area contributed by atoms with E-state index in [-0.39, 0.29) is 0 Å². The third kappa shape index (κ3) is 2.27. The van der Waals surface area contributed by atoms with Crippen molar-refractivity contribution in [2.24, 2.45) is 7.05 Å². The van der Waals surface area contributed by atoms with Gasteiger partial charge in [-0.3, -0.25) is 0 Å². The fourth-order valence-corrected chi connectivity index (χ4v) is 2.75. The molecule has 0 spiro atoms. The monoisotopic (exact) mass is 309 g/mol. The van der Waals surface area contributed by atoms with Gasteiger partial charge in [0.1, 0.15) is 18.0 Å². The van der Waals surface area contributed by atoms with Gasteiger partial charge in [0.05, 0.1) is 21.9 Å². The lowest BCUT2D eigenvalue weighted by Gasteiger charge is -2.08. The molecule has 0 aliphatic rings. The molecular formula is C13H13Cl2N5. The van der Waals surface area contributed by atoms with E-state index in [4.69, 9.17) is 23.2 Å². The second kappa shape index (κ2) is 5.42. The second-order valence-corrected chi connectivity index (χ2v) is 5.20. The van der Waals surface area contributed by atoms with Crippen LogP contribution in [-0.2, 0) is 25.9 Å². The first-order valence-electron chi connectivity index (χ1n) is 6.23. The zero-order chi connectivity index (χ0) is 14.1. The summed E-state index contributed by atoms with van der Waals surface area (Å²) < 4.78 is 3.96. The van der Waals surface area contributed by atoms with Crippen molar-refractivity contribution in [2.45, 2.75) is 18.8 Å². The molecule has 0 aliphatic carbocycles. The van der Waals surface area contributed by atoms with Crippen LogP contribution in [0.1, 0.15) is 11.6 Å². The predicted octanol–water partition coefficient (Wildman–Crippen LogP) is 2.80. The average Bonchev–Trinajstić information content (AvgIpc) is 3.00. The van der Waals surface area contributed by atoms with Crippen LogP contribution in [0, 0.1) is 0 Å². The zero-order valence-corrected chi connectivity index (χ0v) is 12.4. The molecular weight excluding hydrogens is 297 g/mol. The molecule has 0 radical (unpaired) electrons. The zero-order valence-electron chi connectivity index (χ0n) is 10.9. The van der Waals surface area contributed by atoms with Gasteiger partial charge in [-0.1, -0.05) is 17.7 Å². The van der Waals surface area contributed by atoms with Crippen molar-refractivity contribution in [3.8, 4) is 0 Å². The normalized spacial score (nSPS) is 11.3. The van der Waals surface area contributed by atoms with E-state index < -0.39 is 0 Å². The molecule has 1 aromatic carbocycles. The van der Waals surface area contributed by atoms with Crippen LogP contribution in [0.3, 0.4) is 0 Å². The molecule has 104 valence electrons. The van der Waals surface area contributed by atoms with Gasteiger partial charge in [0.15, 0.2) is 0 Å². The summed E-state index contributed by atoms with van der Waals surface area (Å²) in [4.78, 5) is 4.52. The number of halogens is 2. The maximum atomic E-state index is 6.29. The van der Waals surface area contributed by atoms with Crippen molar-refractivity contribution in [1.82, 2.24) is 24.3 Å². The first-order chi connectivity index (χ1) is 9.70. The molecule has 0 bridgehead atoms. The number of imidazole rings is 1. The van der Waals surface area contributed by atoms with E-state index in [1.807, 2.05) is 29.8 Å². The molecule has 7 heteroatoms. The minimum Gasteiger partial charge on any atom is -0.325 e. The lowest BCUT2D eigenvalue weighted by atomic mass is 10.3. The summed E-state index contributed by atoms with van der Waals surface area (Å²) in [5.74, 6) is 2.08. The summed E-state index contributed by atoms with van der Waals surface area (Å²) in [6.07, 6.45) is 2.44. The first kappa shape index (κ1) is 13.4. The minimum atomic E-state index is 0.351. The van der Waals surface area contributed by atoms with Gasteiger partial charge >= 0.3 is 0 Å². The summed E-state index contributed by atoms with van der Waals surface area (Å²) in [7, 11) is 1.93. The minimum absolute atomic E-state index is 0.351. The van der Waals surface area contributed by atoms with Gasteiger partial charge in [-0.05, 0) is 12.1 Å². The van der Waals surface area contributed by atoms with E-state index in [2.05, 4.69) is 19.7 Å². The molecule has 0 unspecified atom stereocenters. The third-order valence-electron chi connectivity index (χ3n) is 3.28. The lowest BCUT2D eigenvalue weighted by molar-refractivity contribution is 0.645. The average molecular weight is 310 g/mol. The van der Waals surface area contributed by atoms with E-state index in [0.717, 1.165) is 35.6 Å². The van der Waals surface area contributed by atoms with Crippen LogP contribution < -0.4 is 0 Å². The SMILES string of the molecule is Cn1cnnc1CCn1c(CCl)nc2cccc(Cl)c21. The van der Waals surface area contributed by atoms with Crippen LogP contribution >= 0.6 is 23.2 Å². The van der Waals surface area contributed by atoms with Crippen molar-refractivity contribution in [1.29, 1.82) is 0 Å². The number of aryl methyl sites for hydroxylation is 3. The van der Waals surface area contributed by atoms with Gasteiger partial charge in [0.2, 0.25) is 0 Å². The highest BCUT2D eigenvalue weighted by atomic mass is 35.5. The first-order valence-corrected chi connectivity index (χ1v) is 7.14. The molecule has 0 saturated heterocycles. The molecule has 2 heterocycles. The Morgan fingerprint density at radius 2 is 2.10 bits per heavy atom. The van der Waals surface area contributed by atoms with E-state index in [1.165, 1.54) is 0 Å². The number of alkyl halides is 1. The summed E-state index contributed by atoms with van der Waals surface area (Å²) in [5.41, 5.74) is 1.79. The molecule has 0 saturated carbocycles. The van der Waals surface area contributed by atoms with Gasteiger partial charge in [0.25, 0.3) is 0 Å². The number of para-hydroxylation sites is 1. The molecule has 0 fully saturated rings. The number of benzene rings is 1. The molecule has 3 rings (SSSR count). The number of rotatable bonds is 4. The molecule has 0 atom stereocenters. The topological polar surface area (TPSA) is 48.5 Å². The maximum Gasteiger partial charge on any atom is 0.134 e. The van der Waals surface area contributed by atoms with Gasteiger partial charge in [-0.25, -0.2) is 4.98 Å². The predicted molar refractivity (Wildman–Crippen MR) is 79.0 cm³/mol. The highest BCUT2D eigenvalue weighted by Gasteiger charge is 2.13. The number of aromatic nitrogens is 5. The Morgan fingerprint density at radius 3 is 2.80 bits per heavy atom. The van der Waals surface area contributed by atoms with Crippen LogP contribution in [0.25, 0.3) is 11.0 Å². The Kier molecular flexibility index (Phi) is 3.63. The molecule has 5 nitrogen and oxygen atoms in total. The highest BCUT2D eigenvalue weighted by Crippen LogP contribution is 2.25. The Balaban J connectivity index is 1.99. The van der Waals surface area contributed by atoms with Crippen LogP contribution in [-0.4, -0.2) is 24.3 Å². The van der Waals surface area contributed by atoms with Crippen LogP contribution in [0.5, 0.6) is 0 Å². The largest absolute Gasteiger partial charge is 0.325 e. The fourth-order valence-electron chi connectivity index (χ4n) is 2.28. The third-order valence-corrected chi connectivity index (χ3v) is 3.82. The molecule has 2 aromatic heterocycles. The van der Waals surface area contributed by atoms with E-state index >= 15 is 0 Å². The van der Waals surface area contributed by atoms with Crippen molar-refractivity contribution < 1.29 is 0 Å². The quantitative estimate of drug-likeness (QED) is 0.696. The Morgan fingerprint density at radius 1 is 1.25 bits per heavy atom. The van der Waals surface area contributed by atoms with E-state index in [9.17, 15) is 0 Å². The highest BCUT2D eigenvalue weighted by molar-refractivity contribution is 6.35. The van der Waals surface area contributed by atoms with Gasteiger partial charge in [-0.15, -0.1) is 21.8 Å². The summed E-state index contributed by atoms with van der Waals surface area (Å²) >= 11 is 12.3. The van der Waals surface area contributed by atoms with E-state index in [1.54, 1.807) is 6.33 Å². The second-order valence-electron chi connectivity index (χ2n) is 4.53. The maximum absolute atomic E-state index is 6.29. The van der Waals surface area contributed by atoms with Gasteiger partial charge in [-0.2, -0.15) is 0 Å². The Labute approximate surface area is 126 Å². The fraction of sp³-hybridized carbons (Fsp3) is 0.308. The number of nitrogens with zero attached hydrogens (tertiary/aromatic N) is 5. The van der Waals surface area contributed by atoms with Crippen molar-refractivity contribution >= 4 is 34.2 Å². The molecule has 0 amide bonds. The summed E-state index contributed by atoms with van der Waals surface area (Å²) in [6, 6.07) is 5.70. The molecule has 20 heavy (non-hydrogen) atoms. The number of fused-ring (bicyclic) bond motifs is 1. The standard InChI is InChI=1S/C13H13Cl2N5/c1-19-8-16-18-11(19)5-6-20-12(7-14)17-10-4-2-3-9(15)13(10)20/h2-4,8H,5-7H2,1H3. The van der Waals surface area contributed by atoms with Crippen molar-refractivity contribution in [3.63, 3.8) is 0 Å². The molecule has 0 aliphatic heterocycles. The molecule has 3 aromatic rings. The number of hydrogen-bond acceptors (Lipinski definition) is 3. The summed E-state index contributed by atoms with van der Waals surface area (Å²) in [5, 5.41) is 8.65. The Hall–Kier alpha value is -1.59. The van der Waals surface area contributed by atoms with Crippen molar-refractivity contribution in [3.05, 3.63) is 41.2 Å². The van der Waals surface area contributed by atoms with Gasteiger partial charge in [0, 0.05) is 20.0 Å². The van der Waals surface area contributed by atoms with Crippen LogP contribution in [0.15, 0.2) is 24.5 Å². The van der Waals surface area contributed by atoms with Crippen molar-refractivity contribution in [2.75, 3.05) is 0 Å². The lowest BCUT2D eigenvalue weighted by Crippen LogP contribution is -2.08. The summed E-state index contributed by atoms with van der Waals surface area (Å²) in [6.45, 7) is 0.717. The van der Waals surface area contributed by atoms with Crippen LogP contribution in [0.4, 0.5) is 0 Å². The molecule has 0 N–H and O–H groups in total. The number of hydrogen-bond donors (Lipinski definition) is 0. The van der Waals surface area contributed by atoms with E-state index in [0.29, 0.717) is 10.9 Å².